The summed E-state index contributed by atoms with van der Waals surface area (Å²) in [5.41, 5.74) is 2.62. The number of benzene rings is 2. The monoisotopic (exact) mass is 382 g/mol. The highest BCUT2D eigenvalue weighted by molar-refractivity contribution is 5.94. The van der Waals surface area contributed by atoms with Gasteiger partial charge in [-0.15, -0.1) is 4.91 Å². The van der Waals surface area contributed by atoms with Crippen LogP contribution in [0.25, 0.3) is 0 Å². The average molecular weight is 382 g/mol. The molecule has 0 saturated heterocycles. The molecule has 0 unspecified atom stereocenters. The molecule has 0 bridgehead atoms. The number of carbonyl (C=O) groups excluding carboxylic acids is 2. The maximum absolute atomic E-state index is 11.4. The Morgan fingerprint density at radius 2 is 1.46 bits per heavy atom. The minimum atomic E-state index is -0.503. The van der Waals surface area contributed by atoms with E-state index in [0.29, 0.717) is 23.6 Å². The van der Waals surface area contributed by atoms with Crippen LogP contribution in [0.15, 0.2) is 63.9 Å². The zero-order valence-corrected chi connectivity index (χ0v) is 15.9. The normalized spacial score (nSPS) is 10.6. The SMILES string of the molecule is CCN(CCOC(=O)CC(C)=O)c1ccc(/N=N/c2ccc(N=O)cc2)cc1. The first-order valence-corrected chi connectivity index (χ1v) is 8.87. The number of ether oxygens (including phenoxy) is 1. The molecule has 0 N–H and O–H groups in total. The van der Waals surface area contributed by atoms with E-state index < -0.39 is 5.97 Å². The van der Waals surface area contributed by atoms with Crippen LogP contribution in [-0.4, -0.2) is 31.4 Å². The predicted octanol–water partition coefficient (Wildman–Crippen LogP) is 4.85. The fourth-order valence-electron chi connectivity index (χ4n) is 2.42. The van der Waals surface area contributed by atoms with Gasteiger partial charge >= 0.3 is 5.97 Å². The summed E-state index contributed by atoms with van der Waals surface area (Å²) in [5.74, 6) is -0.713. The molecule has 0 radical (unpaired) electrons. The van der Waals surface area contributed by atoms with Gasteiger partial charge in [0.05, 0.1) is 17.9 Å². The highest BCUT2D eigenvalue weighted by atomic mass is 16.5. The number of carbonyl (C=O) groups is 2. The highest BCUT2D eigenvalue weighted by Crippen LogP contribution is 2.23. The number of rotatable bonds is 10. The Kier molecular flexibility index (Phi) is 7.95. The van der Waals surface area contributed by atoms with Crippen LogP contribution in [-0.2, 0) is 14.3 Å². The van der Waals surface area contributed by atoms with E-state index in [4.69, 9.17) is 4.74 Å². The Hall–Kier alpha value is -3.42. The molecule has 28 heavy (non-hydrogen) atoms. The van der Waals surface area contributed by atoms with Gasteiger partial charge < -0.3 is 9.64 Å². The van der Waals surface area contributed by atoms with Crippen LogP contribution in [0.5, 0.6) is 0 Å². The Morgan fingerprint density at radius 1 is 0.929 bits per heavy atom. The summed E-state index contributed by atoms with van der Waals surface area (Å²) in [5, 5.41) is 11.1. The molecule has 0 atom stereocenters. The second-order valence-corrected chi connectivity index (χ2v) is 6.00. The van der Waals surface area contributed by atoms with E-state index in [1.165, 1.54) is 6.92 Å². The first-order valence-electron chi connectivity index (χ1n) is 8.87. The first-order chi connectivity index (χ1) is 13.5. The number of anilines is 1. The third kappa shape index (κ3) is 6.71. The Labute approximate surface area is 163 Å². The molecule has 0 aliphatic heterocycles. The molecular weight excluding hydrogens is 360 g/mol. The van der Waals surface area contributed by atoms with Gasteiger partial charge in [0.25, 0.3) is 0 Å². The Balaban J connectivity index is 1.91. The maximum Gasteiger partial charge on any atom is 0.313 e. The van der Waals surface area contributed by atoms with Gasteiger partial charge in [0.15, 0.2) is 0 Å². The summed E-state index contributed by atoms with van der Waals surface area (Å²) in [4.78, 5) is 34.8. The fraction of sp³-hybridized carbons (Fsp3) is 0.300. The van der Waals surface area contributed by atoms with Gasteiger partial charge in [0.2, 0.25) is 0 Å². The van der Waals surface area contributed by atoms with Crippen molar-refractivity contribution in [2.75, 3.05) is 24.6 Å². The van der Waals surface area contributed by atoms with E-state index in [-0.39, 0.29) is 18.8 Å². The summed E-state index contributed by atoms with van der Waals surface area (Å²) in [6.45, 7) is 4.84. The summed E-state index contributed by atoms with van der Waals surface area (Å²) in [6, 6.07) is 14.0. The fourth-order valence-corrected chi connectivity index (χ4v) is 2.42. The minimum absolute atomic E-state index is 0.194. The van der Waals surface area contributed by atoms with E-state index in [1.807, 2.05) is 36.1 Å². The summed E-state index contributed by atoms with van der Waals surface area (Å²) < 4.78 is 5.07. The van der Waals surface area contributed by atoms with Gasteiger partial charge in [-0.25, -0.2) is 0 Å². The number of nitrogens with zero attached hydrogens (tertiary/aromatic N) is 4. The van der Waals surface area contributed by atoms with Crippen molar-refractivity contribution in [1.82, 2.24) is 0 Å². The van der Waals surface area contributed by atoms with Crippen LogP contribution in [0.1, 0.15) is 20.3 Å². The molecule has 2 aromatic carbocycles. The largest absolute Gasteiger partial charge is 0.463 e. The van der Waals surface area contributed by atoms with Gasteiger partial charge in [-0.3, -0.25) is 9.59 Å². The lowest BCUT2D eigenvalue weighted by molar-refractivity contribution is -0.145. The van der Waals surface area contributed by atoms with Crippen molar-refractivity contribution in [3.05, 3.63) is 53.4 Å². The lowest BCUT2D eigenvalue weighted by Gasteiger charge is -2.22. The van der Waals surface area contributed by atoms with Crippen molar-refractivity contribution in [3.63, 3.8) is 0 Å². The van der Waals surface area contributed by atoms with Crippen molar-refractivity contribution in [1.29, 1.82) is 0 Å². The lowest BCUT2D eigenvalue weighted by Crippen LogP contribution is -2.28. The average Bonchev–Trinajstić information content (AvgIpc) is 2.70. The third-order valence-corrected chi connectivity index (χ3v) is 3.85. The molecule has 0 aliphatic rings. The number of Topliss-reactive ketones (excluding diaryl/α,β-unsaturated/α-hetero) is 1. The Morgan fingerprint density at radius 3 is 1.96 bits per heavy atom. The smallest absolute Gasteiger partial charge is 0.313 e. The molecule has 146 valence electrons. The molecule has 2 aromatic rings. The van der Waals surface area contributed by atoms with Gasteiger partial charge in [-0.1, -0.05) is 0 Å². The van der Waals surface area contributed by atoms with Gasteiger partial charge in [0, 0.05) is 12.2 Å². The Bertz CT molecular complexity index is 832. The summed E-state index contributed by atoms with van der Waals surface area (Å²) in [7, 11) is 0. The van der Waals surface area contributed by atoms with Crippen LogP contribution in [0.3, 0.4) is 0 Å². The van der Waals surface area contributed by atoms with E-state index in [9.17, 15) is 14.5 Å². The van der Waals surface area contributed by atoms with Crippen molar-refractivity contribution in [3.8, 4) is 0 Å². The quantitative estimate of drug-likeness (QED) is 0.253. The highest BCUT2D eigenvalue weighted by Gasteiger charge is 2.09. The maximum atomic E-state index is 11.4. The molecule has 0 aliphatic carbocycles. The second kappa shape index (κ2) is 10.7. The molecule has 0 spiro atoms. The van der Waals surface area contributed by atoms with Gasteiger partial charge in [-0.05, 0) is 67.6 Å². The van der Waals surface area contributed by atoms with E-state index in [0.717, 1.165) is 12.2 Å². The number of nitroso groups, excluding NO2 is 1. The summed E-state index contributed by atoms with van der Waals surface area (Å²) in [6.07, 6.45) is -0.194. The molecular formula is C20H22N4O4. The minimum Gasteiger partial charge on any atom is -0.463 e. The third-order valence-electron chi connectivity index (χ3n) is 3.85. The first kappa shape index (κ1) is 20.9. The molecule has 0 amide bonds. The zero-order chi connectivity index (χ0) is 20.4. The topological polar surface area (TPSA) is 101 Å². The number of esters is 1. The van der Waals surface area contributed by atoms with Crippen LogP contribution in [0, 0.1) is 4.91 Å². The predicted molar refractivity (Wildman–Crippen MR) is 107 cm³/mol. The summed E-state index contributed by atoms with van der Waals surface area (Å²) >= 11 is 0. The number of likely N-dealkylation sites (N-methyl/N-ethyl adjacent to an activating group) is 1. The van der Waals surface area contributed by atoms with Crippen LogP contribution < -0.4 is 4.90 Å². The number of azo groups is 1. The van der Waals surface area contributed by atoms with Crippen LogP contribution in [0.2, 0.25) is 0 Å². The molecule has 0 saturated carbocycles. The van der Waals surface area contributed by atoms with Crippen molar-refractivity contribution < 1.29 is 14.3 Å². The molecule has 8 heteroatoms. The molecule has 0 fully saturated rings. The number of hydrogen-bond acceptors (Lipinski definition) is 8. The van der Waals surface area contributed by atoms with E-state index in [2.05, 4.69) is 15.4 Å². The van der Waals surface area contributed by atoms with Crippen molar-refractivity contribution in [2.24, 2.45) is 15.4 Å². The molecule has 2 rings (SSSR count). The molecule has 0 heterocycles. The van der Waals surface area contributed by atoms with Gasteiger partial charge in [0.1, 0.15) is 24.5 Å². The lowest BCUT2D eigenvalue weighted by atomic mass is 10.2. The van der Waals surface area contributed by atoms with E-state index >= 15 is 0 Å². The van der Waals surface area contributed by atoms with Crippen LogP contribution in [0.4, 0.5) is 22.7 Å². The van der Waals surface area contributed by atoms with E-state index in [1.54, 1.807) is 24.3 Å². The molecule has 8 nitrogen and oxygen atoms in total. The van der Waals surface area contributed by atoms with Crippen LogP contribution >= 0.6 is 0 Å². The molecule has 0 aromatic heterocycles. The number of hydrogen-bond donors (Lipinski definition) is 0. The second-order valence-electron chi connectivity index (χ2n) is 6.00. The zero-order valence-electron chi connectivity index (χ0n) is 15.9. The van der Waals surface area contributed by atoms with Crippen molar-refractivity contribution >= 4 is 34.5 Å². The van der Waals surface area contributed by atoms with Crippen molar-refractivity contribution in [2.45, 2.75) is 20.3 Å². The van der Waals surface area contributed by atoms with Gasteiger partial charge in [-0.2, -0.15) is 10.2 Å². The standard InChI is InChI=1S/C20H22N4O4/c1-3-24(12-13-28-20(26)14-15(2)25)19-10-8-17(9-11-19)22-21-16-4-6-18(23-27)7-5-16/h4-11H,3,12-14H2,1-2H3/b22-21+. The number of ketones is 1.